The third kappa shape index (κ3) is 5.16. The van der Waals surface area contributed by atoms with Gasteiger partial charge in [-0.05, 0) is 34.9 Å². The van der Waals surface area contributed by atoms with Gasteiger partial charge in [0.1, 0.15) is 6.04 Å². The van der Waals surface area contributed by atoms with Crippen LogP contribution in [0.5, 0.6) is 0 Å². The SMILES string of the molecule is CCOC(=O)C(C(=O)OCC)C(C(=O)OCC)N(C)C. The van der Waals surface area contributed by atoms with Crippen LogP contribution in [0.25, 0.3) is 0 Å². The van der Waals surface area contributed by atoms with Crippen molar-refractivity contribution in [3.05, 3.63) is 0 Å². The van der Waals surface area contributed by atoms with Crippen LogP contribution in [-0.2, 0) is 28.6 Å². The predicted molar refractivity (Wildman–Crippen MR) is 70.9 cm³/mol. The fraction of sp³-hybridized carbons (Fsp3) is 0.769. The number of carbonyl (C=O) groups excluding carboxylic acids is 3. The Labute approximate surface area is 119 Å². The minimum absolute atomic E-state index is 0.109. The number of hydrogen-bond donors (Lipinski definition) is 0. The molecule has 0 aliphatic heterocycles. The summed E-state index contributed by atoms with van der Waals surface area (Å²) in [4.78, 5) is 37.3. The minimum atomic E-state index is -1.36. The molecule has 0 N–H and O–H groups in total. The molecule has 0 aliphatic carbocycles. The second kappa shape index (κ2) is 9.30. The maximum Gasteiger partial charge on any atom is 0.324 e. The zero-order valence-corrected chi connectivity index (χ0v) is 12.7. The summed E-state index contributed by atoms with van der Waals surface area (Å²) in [7, 11) is 3.15. The van der Waals surface area contributed by atoms with Crippen LogP contribution >= 0.6 is 0 Å². The number of hydrogen-bond acceptors (Lipinski definition) is 7. The lowest BCUT2D eigenvalue weighted by atomic mass is 9.99. The second-order valence-electron chi connectivity index (χ2n) is 4.14. The maximum atomic E-state index is 12.0. The summed E-state index contributed by atoms with van der Waals surface area (Å²) >= 11 is 0. The van der Waals surface area contributed by atoms with Crippen molar-refractivity contribution < 1.29 is 28.6 Å². The van der Waals surface area contributed by atoms with Crippen molar-refractivity contribution >= 4 is 17.9 Å². The van der Waals surface area contributed by atoms with E-state index in [-0.39, 0.29) is 19.8 Å². The van der Waals surface area contributed by atoms with Crippen LogP contribution in [0.15, 0.2) is 0 Å². The van der Waals surface area contributed by atoms with Crippen molar-refractivity contribution in [1.82, 2.24) is 4.90 Å². The van der Waals surface area contributed by atoms with Crippen LogP contribution < -0.4 is 0 Å². The molecule has 0 saturated carbocycles. The molecule has 20 heavy (non-hydrogen) atoms. The van der Waals surface area contributed by atoms with Crippen LogP contribution in [-0.4, -0.2) is 62.8 Å². The molecule has 7 nitrogen and oxygen atoms in total. The van der Waals surface area contributed by atoms with Crippen LogP contribution in [0.1, 0.15) is 20.8 Å². The number of rotatable bonds is 8. The Bertz CT molecular complexity index is 324. The second-order valence-corrected chi connectivity index (χ2v) is 4.14. The average molecular weight is 289 g/mol. The molecule has 1 atom stereocenters. The van der Waals surface area contributed by atoms with E-state index in [1.54, 1.807) is 34.9 Å². The lowest BCUT2D eigenvalue weighted by Gasteiger charge is -2.27. The minimum Gasteiger partial charge on any atom is -0.465 e. The van der Waals surface area contributed by atoms with Gasteiger partial charge in [-0.25, -0.2) is 0 Å². The molecule has 0 aromatic heterocycles. The lowest BCUT2D eigenvalue weighted by molar-refractivity contribution is -0.171. The molecule has 0 aromatic rings. The molecule has 0 radical (unpaired) electrons. The Morgan fingerprint density at radius 3 is 1.45 bits per heavy atom. The van der Waals surface area contributed by atoms with Gasteiger partial charge in [0.25, 0.3) is 0 Å². The first-order chi connectivity index (χ1) is 9.40. The van der Waals surface area contributed by atoms with Crippen molar-refractivity contribution in [2.45, 2.75) is 26.8 Å². The predicted octanol–water partition coefficient (Wildman–Crippen LogP) is 0.222. The molecule has 0 bridgehead atoms. The zero-order valence-electron chi connectivity index (χ0n) is 12.7. The first-order valence-electron chi connectivity index (χ1n) is 6.56. The van der Waals surface area contributed by atoms with Gasteiger partial charge in [-0.3, -0.25) is 19.3 Å². The molecule has 0 spiro atoms. The number of ether oxygens (including phenoxy) is 3. The summed E-state index contributed by atoms with van der Waals surface area (Å²) in [5.41, 5.74) is 0. The van der Waals surface area contributed by atoms with E-state index >= 15 is 0 Å². The highest BCUT2D eigenvalue weighted by atomic mass is 16.6. The molecule has 0 amide bonds. The topological polar surface area (TPSA) is 82.1 Å². The first-order valence-corrected chi connectivity index (χ1v) is 6.56. The fourth-order valence-corrected chi connectivity index (χ4v) is 1.69. The van der Waals surface area contributed by atoms with E-state index in [9.17, 15) is 14.4 Å². The molecule has 0 aliphatic rings. The molecule has 0 rings (SSSR count). The third-order valence-electron chi connectivity index (χ3n) is 2.48. The van der Waals surface area contributed by atoms with Crippen molar-refractivity contribution in [2.75, 3.05) is 33.9 Å². The van der Waals surface area contributed by atoms with Crippen molar-refractivity contribution in [1.29, 1.82) is 0 Å². The van der Waals surface area contributed by atoms with E-state index in [0.29, 0.717) is 0 Å². The zero-order chi connectivity index (χ0) is 15.7. The molecule has 116 valence electrons. The fourth-order valence-electron chi connectivity index (χ4n) is 1.69. The summed E-state index contributed by atoms with van der Waals surface area (Å²) in [6.45, 7) is 5.26. The molecule has 0 saturated heterocycles. The van der Waals surface area contributed by atoms with E-state index in [0.717, 1.165) is 0 Å². The summed E-state index contributed by atoms with van der Waals surface area (Å²) in [5.74, 6) is -3.61. The number of nitrogens with zero attached hydrogens (tertiary/aromatic N) is 1. The van der Waals surface area contributed by atoms with Gasteiger partial charge in [-0.15, -0.1) is 0 Å². The Kier molecular flexibility index (Phi) is 8.54. The van der Waals surface area contributed by atoms with Crippen molar-refractivity contribution in [3.63, 3.8) is 0 Å². The van der Waals surface area contributed by atoms with E-state index in [1.165, 1.54) is 4.90 Å². The average Bonchev–Trinajstić information content (AvgIpc) is 2.35. The molecule has 0 fully saturated rings. The van der Waals surface area contributed by atoms with Gasteiger partial charge < -0.3 is 14.2 Å². The smallest absolute Gasteiger partial charge is 0.324 e. The van der Waals surface area contributed by atoms with E-state index in [1.807, 2.05) is 0 Å². The molecule has 0 heterocycles. The number of esters is 3. The Balaban J connectivity index is 5.35. The normalized spacial score (nSPS) is 12.2. The van der Waals surface area contributed by atoms with Gasteiger partial charge in [0.05, 0.1) is 19.8 Å². The quantitative estimate of drug-likeness (QED) is 0.359. The van der Waals surface area contributed by atoms with E-state index < -0.39 is 29.9 Å². The monoisotopic (exact) mass is 289 g/mol. The van der Waals surface area contributed by atoms with E-state index in [4.69, 9.17) is 14.2 Å². The Morgan fingerprint density at radius 2 is 1.15 bits per heavy atom. The van der Waals surface area contributed by atoms with E-state index in [2.05, 4.69) is 0 Å². The molecule has 0 aromatic carbocycles. The summed E-state index contributed by atoms with van der Waals surface area (Å²) in [5, 5.41) is 0. The maximum absolute atomic E-state index is 12.0. The van der Waals surface area contributed by atoms with Crippen LogP contribution in [0, 0.1) is 5.92 Å². The molecular formula is C13H23NO6. The first kappa shape index (κ1) is 18.4. The third-order valence-corrected chi connectivity index (χ3v) is 2.48. The van der Waals surface area contributed by atoms with Crippen molar-refractivity contribution in [2.24, 2.45) is 5.92 Å². The summed E-state index contributed by atoms with van der Waals surface area (Å²) < 4.78 is 14.6. The van der Waals surface area contributed by atoms with Gasteiger partial charge in [0.2, 0.25) is 0 Å². The van der Waals surface area contributed by atoms with Gasteiger partial charge in [-0.2, -0.15) is 0 Å². The molecule has 1 unspecified atom stereocenters. The van der Waals surface area contributed by atoms with Gasteiger partial charge >= 0.3 is 17.9 Å². The van der Waals surface area contributed by atoms with Gasteiger partial charge in [0, 0.05) is 0 Å². The van der Waals surface area contributed by atoms with Gasteiger partial charge in [-0.1, -0.05) is 0 Å². The largest absolute Gasteiger partial charge is 0.465 e. The number of carbonyl (C=O) groups is 3. The molecular weight excluding hydrogens is 266 g/mol. The standard InChI is InChI=1S/C13H23NO6/c1-6-18-11(15)9(12(16)19-7-2)10(14(4)5)13(17)20-8-3/h9-10H,6-8H2,1-5H3. The Morgan fingerprint density at radius 1 is 0.800 bits per heavy atom. The Hall–Kier alpha value is -1.63. The van der Waals surface area contributed by atoms with Crippen molar-refractivity contribution in [3.8, 4) is 0 Å². The highest BCUT2D eigenvalue weighted by Crippen LogP contribution is 2.16. The lowest BCUT2D eigenvalue weighted by Crippen LogP contribution is -2.50. The highest BCUT2D eigenvalue weighted by molar-refractivity contribution is 6.00. The van der Waals surface area contributed by atoms with Crippen LogP contribution in [0.4, 0.5) is 0 Å². The highest BCUT2D eigenvalue weighted by Gasteiger charge is 2.43. The summed E-state index contributed by atoms with van der Waals surface area (Å²) in [6.07, 6.45) is 0. The van der Waals surface area contributed by atoms with Gasteiger partial charge in [0.15, 0.2) is 5.92 Å². The summed E-state index contributed by atoms with van der Waals surface area (Å²) in [6, 6.07) is -1.08. The van der Waals surface area contributed by atoms with Crippen LogP contribution in [0.3, 0.4) is 0 Å². The van der Waals surface area contributed by atoms with Crippen LogP contribution in [0.2, 0.25) is 0 Å². The number of likely N-dealkylation sites (N-methyl/N-ethyl adjacent to an activating group) is 1. The molecule has 7 heteroatoms.